The third kappa shape index (κ3) is 1.16. The highest BCUT2D eigenvalue weighted by molar-refractivity contribution is 7.23. The van der Waals surface area contributed by atoms with Gasteiger partial charge in [-0.1, -0.05) is 23.5 Å². The number of pyridine rings is 1. The summed E-state index contributed by atoms with van der Waals surface area (Å²) in [6.45, 7) is 0. The minimum absolute atomic E-state index is 0.0296. The topological polar surface area (TPSA) is 38.5 Å². The van der Waals surface area contributed by atoms with E-state index in [9.17, 15) is 4.79 Å². The Morgan fingerprint density at radius 3 is 2.89 bits per heavy atom. The number of para-hydroxylation sites is 1. The van der Waals surface area contributed by atoms with Crippen LogP contribution in [0.2, 0.25) is 0 Å². The molecule has 0 unspecified atom stereocenters. The molecule has 0 aliphatic rings. The first-order chi connectivity index (χ1) is 8.84. The van der Waals surface area contributed by atoms with Gasteiger partial charge in [0, 0.05) is 17.2 Å². The summed E-state index contributed by atoms with van der Waals surface area (Å²) in [5, 5.41) is 4.47. The van der Waals surface area contributed by atoms with Crippen LogP contribution in [-0.4, -0.2) is 9.50 Å². The van der Waals surface area contributed by atoms with Crippen LogP contribution < -0.4 is 10.1 Å². The van der Waals surface area contributed by atoms with Crippen molar-refractivity contribution in [2.45, 2.75) is 0 Å². The lowest BCUT2D eigenvalue weighted by Crippen LogP contribution is -2.34. The van der Waals surface area contributed by atoms with Crippen molar-refractivity contribution in [1.29, 1.82) is 0 Å². The maximum absolute atomic E-state index is 12.5. The molecular formula is C13H8N3OS+. The molecular weight excluding hydrogens is 246 g/mol. The van der Waals surface area contributed by atoms with Crippen LogP contribution in [0.4, 0.5) is 0 Å². The molecule has 0 amide bonds. The molecule has 18 heavy (non-hydrogen) atoms. The van der Waals surface area contributed by atoms with E-state index in [0.717, 1.165) is 10.2 Å². The van der Waals surface area contributed by atoms with E-state index in [4.69, 9.17) is 0 Å². The average Bonchev–Trinajstić information content (AvgIpc) is 2.77. The zero-order valence-corrected chi connectivity index (χ0v) is 10.1. The molecule has 0 fully saturated rings. The van der Waals surface area contributed by atoms with Gasteiger partial charge in [-0.15, -0.1) is 0 Å². The number of rotatable bonds is 0. The maximum Gasteiger partial charge on any atom is 0.332 e. The van der Waals surface area contributed by atoms with Crippen molar-refractivity contribution < 1.29 is 4.52 Å². The van der Waals surface area contributed by atoms with Crippen molar-refractivity contribution in [2.75, 3.05) is 0 Å². The molecule has 4 rings (SSSR count). The van der Waals surface area contributed by atoms with Gasteiger partial charge in [0.05, 0.1) is 10.2 Å². The first-order valence-electron chi connectivity index (χ1n) is 5.55. The maximum atomic E-state index is 12.5. The lowest BCUT2D eigenvalue weighted by molar-refractivity contribution is -0.579. The van der Waals surface area contributed by atoms with Crippen molar-refractivity contribution in [3.8, 4) is 0 Å². The highest BCUT2D eigenvalue weighted by Crippen LogP contribution is 2.22. The third-order valence-corrected chi connectivity index (χ3v) is 3.97. The average molecular weight is 254 g/mol. The molecule has 0 spiro atoms. The second-order valence-corrected chi connectivity index (χ2v) is 5.03. The summed E-state index contributed by atoms with van der Waals surface area (Å²) in [6, 6.07) is 13.3. The fourth-order valence-corrected chi connectivity index (χ4v) is 3.14. The van der Waals surface area contributed by atoms with Crippen LogP contribution in [0.1, 0.15) is 0 Å². The van der Waals surface area contributed by atoms with Crippen LogP contribution in [0.5, 0.6) is 0 Å². The second-order valence-electron chi connectivity index (χ2n) is 4.02. The molecule has 1 aromatic carbocycles. The standard InChI is InChI=1S/C13H8N3OS/c17-12-10-6-3-4-8-15(10)14-13-16(12)9-5-1-2-7-11(9)18-13/h1-8H/q+1. The smallest absolute Gasteiger partial charge is 0.261 e. The Kier molecular flexibility index (Phi) is 1.82. The monoisotopic (exact) mass is 254 g/mol. The van der Waals surface area contributed by atoms with Gasteiger partial charge in [-0.2, -0.15) is 0 Å². The van der Waals surface area contributed by atoms with E-state index in [1.807, 2.05) is 36.4 Å². The summed E-state index contributed by atoms with van der Waals surface area (Å²) in [5.41, 5.74) is 1.47. The van der Waals surface area contributed by atoms with Crippen molar-refractivity contribution >= 4 is 32.0 Å². The molecule has 0 saturated heterocycles. The van der Waals surface area contributed by atoms with Gasteiger partial charge in [0.15, 0.2) is 0 Å². The molecule has 0 aliphatic carbocycles. The Morgan fingerprint density at radius 1 is 1.11 bits per heavy atom. The summed E-state index contributed by atoms with van der Waals surface area (Å²) in [5.74, 6) is 0. The van der Waals surface area contributed by atoms with Crippen LogP contribution in [-0.2, 0) is 0 Å². The van der Waals surface area contributed by atoms with E-state index in [1.165, 1.54) is 11.3 Å². The van der Waals surface area contributed by atoms with Crippen LogP contribution in [0.15, 0.2) is 53.5 Å². The number of hydrogen-bond acceptors (Lipinski definition) is 3. The number of thiazole rings is 1. The molecule has 0 atom stereocenters. The molecule has 0 N–H and O–H groups in total. The number of hydrogen-bond donors (Lipinski definition) is 0. The Bertz CT molecular complexity index is 955. The van der Waals surface area contributed by atoms with Crippen LogP contribution in [0.25, 0.3) is 20.7 Å². The van der Waals surface area contributed by atoms with Crippen molar-refractivity contribution in [2.24, 2.45) is 0 Å². The summed E-state index contributed by atoms with van der Waals surface area (Å²) < 4.78 is 4.38. The van der Waals surface area contributed by atoms with Crippen molar-refractivity contribution in [3.63, 3.8) is 0 Å². The zero-order valence-electron chi connectivity index (χ0n) is 9.28. The highest BCUT2D eigenvalue weighted by Gasteiger charge is 2.16. The van der Waals surface area contributed by atoms with Crippen molar-refractivity contribution in [3.05, 3.63) is 59.0 Å². The molecule has 0 saturated carbocycles. The number of fused-ring (bicyclic) bond motifs is 4. The van der Waals surface area contributed by atoms with Gasteiger partial charge in [0.2, 0.25) is 6.20 Å². The first kappa shape index (κ1) is 9.73. The molecule has 0 radical (unpaired) electrons. The predicted octanol–water partition coefficient (Wildman–Crippen LogP) is 1.65. The molecule has 86 valence electrons. The van der Waals surface area contributed by atoms with E-state index in [0.29, 0.717) is 10.5 Å². The van der Waals surface area contributed by atoms with Gasteiger partial charge in [0.25, 0.3) is 4.96 Å². The fraction of sp³-hybridized carbons (Fsp3) is 0. The van der Waals surface area contributed by atoms with Gasteiger partial charge in [-0.25, -0.2) is 4.40 Å². The molecule has 5 heteroatoms. The van der Waals surface area contributed by atoms with E-state index >= 15 is 0 Å². The Balaban J connectivity index is 2.39. The van der Waals surface area contributed by atoms with E-state index < -0.39 is 0 Å². The molecule has 0 bridgehead atoms. The molecule has 4 aromatic rings. The Labute approximate surface area is 105 Å². The number of nitrogens with zero attached hydrogens (tertiary/aromatic N) is 3. The van der Waals surface area contributed by atoms with Crippen LogP contribution >= 0.6 is 11.3 Å². The summed E-state index contributed by atoms with van der Waals surface area (Å²) >= 11 is 1.52. The Morgan fingerprint density at radius 2 is 1.94 bits per heavy atom. The highest BCUT2D eigenvalue weighted by atomic mass is 32.1. The summed E-state index contributed by atoms with van der Waals surface area (Å²) in [7, 11) is 0. The van der Waals surface area contributed by atoms with E-state index in [1.54, 1.807) is 21.2 Å². The Hall–Kier alpha value is -2.27. The van der Waals surface area contributed by atoms with Gasteiger partial charge >= 0.3 is 11.1 Å². The molecule has 3 heterocycles. The molecule has 0 aliphatic heterocycles. The second kappa shape index (κ2) is 3.36. The largest absolute Gasteiger partial charge is 0.332 e. The lowest BCUT2D eigenvalue weighted by atomic mass is 10.3. The van der Waals surface area contributed by atoms with Crippen molar-refractivity contribution in [1.82, 2.24) is 9.50 Å². The quantitative estimate of drug-likeness (QED) is 0.447. The van der Waals surface area contributed by atoms with E-state index in [-0.39, 0.29) is 5.56 Å². The van der Waals surface area contributed by atoms with Crippen LogP contribution in [0, 0.1) is 0 Å². The minimum atomic E-state index is -0.0296. The first-order valence-corrected chi connectivity index (χ1v) is 6.37. The molecule has 3 aromatic heterocycles. The fourth-order valence-electron chi connectivity index (χ4n) is 2.13. The SMILES string of the molecule is O=c1c2cccc[n+]2nc2sc3ccccc3n12. The lowest BCUT2D eigenvalue weighted by Gasteiger charge is -1.92. The van der Waals surface area contributed by atoms with E-state index in [2.05, 4.69) is 5.10 Å². The normalized spacial score (nSPS) is 11.6. The van der Waals surface area contributed by atoms with Gasteiger partial charge in [-0.05, 0) is 22.7 Å². The minimum Gasteiger partial charge on any atom is -0.261 e. The number of aromatic nitrogens is 3. The third-order valence-electron chi connectivity index (χ3n) is 2.95. The van der Waals surface area contributed by atoms with Gasteiger partial charge < -0.3 is 0 Å². The van der Waals surface area contributed by atoms with Gasteiger partial charge in [0.1, 0.15) is 0 Å². The zero-order chi connectivity index (χ0) is 12.1. The summed E-state index contributed by atoms with van der Waals surface area (Å²) in [6.07, 6.45) is 1.79. The summed E-state index contributed by atoms with van der Waals surface area (Å²) in [4.78, 5) is 13.2. The molecule has 4 nitrogen and oxygen atoms in total. The predicted molar refractivity (Wildman–Crippen MR) is 70.0 cm³/mol. The number of benzene rings is 1. The van der Waals surface area contributed by atoms with Gasteiger partial charge in [-0.3, -0.25) is 4.79 Å². The van der Waals surface area contributed by atoms with Crippen LogP contribution in [0.3, 0.4) is 0 Å².